The lowest BCUT2D eigenvalue weighted by Crippen LogP contribution is -2.19. The number of carbonyl (C=O) groups is 1. The fourth-order valence-corrected chi connectivity index (χ4v) is 2.74. The molecule has 1 aliphatic heterocycles. The molecule has 1 aliphatic rings. The van der Waals surface area contributed by atoms with Crippen LogP contribution < -0.4 is 4.74 Å². The van der Waals surface area contributed by atoms with E-state index in [1.165, 1.54) is 0 Å². The first kappa shape index (κ1) is 14.3. The molecule has 2 heterocycles. The van der Waals surface area contributed by atoms with Gasteiger partial charge in [-0.25, -0.2) is 9.78 Å². The second-order valence-electron chi connectivity index (χ2n) is 5.38. The van der Waals surface area contributed by atoms with Crippen molar-refractivity contribution >= 4 is 23.1 Å². The number of fused-ring (bicyclic) bond motifs is 2. The molecule has 118 valence electrons. The first-order valence-electron chi connectivity index (χ1n) is 7.44. The van der Waals surface area contributed by atoms with Gasteiger partial charge in [-0.3, -0.25) is 0 Å². The fraction of sp³-hybridized carbons (Fsp3) is 0.0526. The van der Waals surface area contributed by atoms with Crippen LogP contribution in [0.5, 0.6) is 5.75 Å². The molecule has 1 atom stereocenters. The third-order valence-electron chi connectivity index (χ3n) is 3.81. The van der Waals surface area contributed by atoms with Crippen LogP contribution in [0.2, 0.25) is 0 Å². The van der Waals surface area contributed by atoms with Gasteiger partial charge < -0.3 is 14.6 Å². The maximum atomic E-state index is 11.0. The number of rotatable bonds is 2. The Morgan fingerprint density at radius 1 is 1.04 bits per heavy atom. The first-order valence-corrected chi connectivity index (χ1v) is 7.44. The molecule has 5 heteroatoms. The monoisotopic (exact) mass is 319 g/mol. The van der Waals surface area contributed by atoms with Gasteiger partial charge in [0.05, 0.1) is 11.2 Å². The number of para-hydroxylation sites is 2. The largest absolute Gasteiger partial charge is 0.511 e. The molecule has 0 bridgehead atoms. The fourth-order valence-electron chi connectivity index (χ4n) is 2.74. The summed E-state index contributed by atoms with van der Waals surface area (Å²) in [5, 5.41) is 10.0. The molecule has 4 rings (SSSR count). The van der Waals surface area contributed by atoms with Gasteiger partial charge in [-0.15, -0.1) is 0 Å². The summed E-state index contributed by atoms with van der Waals surface area (Å²) in [6, 6.07) is 18.8. The van der Waals surface area contributed by atoms with Gasteiger partial charge in [0.25, 0.3) is 0 Å². The van der Waals surface area contributed by atoms with Crippen molar-refractivity contribution in [1.82, 2.24) is 4.98 Å². The van der Waals surface area contributed by atoms with Crippen LogP contribution >= 0.6 is 0 Å². The smallest absolute Gasteiger partial charge is 0.475 e. The summed E-state index contributed by atoms with van der Waals surface area (Å²) < 4.78 is 10.9. The van der Waals surface area contributed by atoms with Crippen molar-refractivity contribution in [2.75, 3.05) is 0 Å². The summed E-state index contributed by atoms with van der Waals surface area (Å²) in [6.45, 7) is 0. The third kappa shape index (κ3) is 2.56. The molecule has 0 saturated carbocycles. The van der Waals surface area contributed by atoms with E-state index in [0.29, 0.717) is 11.4 Å². The molecule has 1 N–H and O–H groups in total. The minimum absolute atomic E-state index is 0.198. The van der Waals surface area contributed by atoms with E-state index in [0.717, 1.165) is 16.5 Å². The van der Waals surface area contributed by atoms with Crippen LogP contribution in [0.3, 0.4) is 0 Å². The summed E-state index contributed by atoms with van der Waals surface area (Å²) >= 11 is 0. The molecule has 1 aromatic heterocycles. The molecule has 0 fully saturated rings. The van der Waals surface area contributed by atoms with Crippen molar-refractivity contribution in [3.63, 3.8) is 0 Å². The highest BCUT2D eigenvalue weighted by Crippen LogP contribution is 2.37. The molecular formula is C19H13NO4. The van der Waals surface area contributed by atoms with E-state index < -0.39 is 12.3 Å². The normalized spacial score (nSPS) is 16.0. The summed E-state index contributed by atoms with van der Waals surface area (Å²) in [7, 11) is 0. The number of carboxylic acid groups (broad SMARTS) is 1. The van der Waals surface area contributed by atoms with Crippen LogP contribution in [0.4, 0.5) is 4.79 Å². The highest BCUT2D eigenvalue weighted by atomic mass is 16.7. The van der Waals surface area contributed by atoms with Crippen LogP contribution in [0.25, 0.3) is 17.0 Å². The summed E-state index contributed by atoms with van der Waals surface area (Å²) in [5.74, 6) is 0.860. The molecule has 3 aromatic rings. The number of nitrogens with zero attached hydrogens (tertiary/aromatic N) is 1. The molecule has 0 saturated heterocycles. The minimum Gasteiger partial charge on any atom is -0.475 e. The van der Waals surface area contributed by atoms with Crippen molar-refractivity contribution in [2.24, 2.45) is 0 Å². The molecule has 24 heavy (non-hydrogen) atoms. The van der Waals surface area contributed by atoms with E-state index in [2.05, 4.69) is 4.98 Å². The van der Waals surface area contributed by atoms with Gasteiger partial charge in [0.15, 0.2) is 11.9 Å². The van der Waals surface area contributed by atoms with E-state index in [1.54, 1.807) is 6.08 Å². The molecular weight excluding hydrogens is 306 g/mol. The lowest BCUT2D eigenvalue weighted by atomic mass is 10.0. The Labute approximate surface area is 137 Å². The summed E-state index contributed by atoms with van der Waals surface area (Å²) in [4.78, 5) is 15.6. The Hall–Kier alpha value is -3.34. The van der Waals surface area contributed by atoms with Crippen molar-refractivity contribution in [2.45, 2.75) is 6.10 Å². The van der Waals surface area contributed by atoms with Gasteiger partial charge in [0.2, 0.25) is 0 Å². The Balaban J connectivity index is 1.80. The maximum Gasteiger partial charge on any atom is 0.511 e. The molecule has 0 radical (unpaired) electrons. The molecule has 1 unspecified atom stereocenters. The topological polar surface area (TPSA) is 68.7 Å². The number of hydrogen-bond acceptors (Lipinski definition) is 4. The van der Waals surface area contributed by atoms with Gasteiger partial charge >= 0.3 is 6.16 Å². The predicted molar refractivity (Wildman–Crippen MR) is 88.6 cm³/mol. The zero-order valence-corrected chi connectivity index (χ0v) is 12.5. The van der Waals surface area contributed by atoms with Crippen molar-refractivity contribution in [3.05, 3.63) is 77.7 Å². The highest BCUT2D eigenvalue weighted by molar-refractivity contribution is 5.78. The predicted octanol–water partition coefficient (Wildman–Crippen LogP) is 4.40. The van der Waals surface area contributed by atoms with Crippen LogP contribution in [0.1, 0.15) is 17.4 Å². The van der Waals surface area contributed by atoms with E-state index >= 15 is 0 Å². The number of benzene rings is 2. The lowest BCUT2D eigenvalue weighted by Gasteiger charge is -2.25. The van der Waals surface area contributed by atoms with Gasteiger partial charge in [-0.1, -0.05) is 42.5 Å². The number of ether oxygens (including phenoxy) is 2. The van der Waals surface area contributed by atoms with Crippen LogP contribution in [-0.2, 0) is 4.74 Å². The molecule has 5 nitrogen and oxygen atoms in total. The van der Waals surface area contributed by atoms with Crippen LogP contribution in [-0.4, -0.2) is 16.2 Å². The molecule has 0 amide bonds. The van der Waals surface area contributed by atoms with Crippen LogP contribution in [0, 0.1) is 0 Å². The lowest BCUT2D eigenvalue weighted by molar-refractivity contribution is 0.0890. The minimum atomic E-state index is -1.38. The summed E-state index contributed by atoms with van der Waals surface area (Å²) in [5.41, 5.74) is 2.17. The maximum absolute atomic E-state index is 11.0. The number of hydrogen-bond donors (Lipinski definition) is 1. The van der Waals surface area contributed by atoms with Crippen molar-refractivity contribution in [3.8, 4) is 5.75 Å². The third-order valence-corrected chi connectivity index (χ3v) is 3.81. The number of pyridine rings is 1. The molecule has 0 spiro atoms. The second kappa shape index (κ2) is 5.70. The molecule has 2 aromatic carbocycles. The van der Waals surface area contributed by atoms with E-state index in [9.17, 15) is 4.79 Å². The second-order valence-corrected chi connectivity index (χ2v) is 5.38. The van der Waals surface area contributed by atoms with Gasteiger partial charge in [-0.2, -0.15) is 0 Å². The summed E-state index contributed by atoms with van der Waals surface area (Å²) in [6.07, 6.45) is -0.412. The van der Waals surface area contributed by atoms with E-state index in [4.69, 9.17) is 14.6 Å². The van der Waals surface area contributed by atoms with Crippen molar-refractivity contribution < 1.29 is 19.4 Å². The van der Waals surface area contributed by atoms with Gasteiger partial charge in [-0.05, 0) is 24.3 Å². The quantitative estimate of drug-likeness (QED) is 0.709. The first-order chi connectivity index (χ1) is 11.7. The zero-order chi connectivity index (χ0) is 16.5. The molecule has 0 aliphatic carbocycles. The zero-order valence-electron chi connectivity index (χ0n) is 12.5. The van der Waals surface area contributed by atoms with Gasteiger partial charge in [0.1, 0.15) is 5.75 Å². The SMILES string of the molecule is O=C(O)OC1=Cc2ccccc2OC1c1ccc2ccccc2n1. The Morgan fingerprint density at radius 3 is 2.71 bits per heavy atom. The Morgan fingerprint density at radius 2 is 1.83 bits per heavy atom. The van der Waals surface area contributed by atoms with Gasteiger partial charge in [0, 0.05) is 10.9 Å². The average molecular weight is 319 g/mol. The number of aromatic nitrogens is 1. The Kier molecular flexibility index (Phi) is 3.39. The highest BCUT2D eigenvalue weighted by Gasteiger charge is 2.29. The average Bonchev–Trinajstić information content (AvgIpc) is 2.60. The Bertz CT molecular complexity index is 964. The van der Waals surface area contributed by atoms with Crippen molar-refractivity contribution in [1.29, 1.82) is 0 Å². The standard InChI is InChI=1S/C19H13NO4/c21-19(22)24-17-11-13-6-2-4-8-16(13)23-18(17)15-10-9-12-5-1-3-7-14(12)20-15/h1-11,18H,(H,21,22). The van der Waals surface area contributed by atoms with E-state index in [1.807, 2.05) is 60.7 Å². The van der Waals surface area contributed by atoms with E-state index in [-0.39, 0.29) is 5.76 Å². The van der Waals surface area contributed by atoms with Crippen LogP contribution in [0.15, 0.2) is 66.4 Å².